The third-order valence-electron chi connectivity index (χ3n) is 6.62. The number of ether oxygens (including phenoxy) is 2. The molecule has 10 heteroatoms. The number of anilines is 1. The number of carbonyl (C=O) groups excluding carboxylic acids is 2. The molecule has 0 saturated heterocycles. The van der Waals surface area contributed by atoms with Crippen molar-refractivity contribution in [1.82, 2.24) is 25.5 Å². The third kappa shape index (κ3) is 6.07. The fourth-order valence-electron chi connectivity index (χ4n) is 4.73. The molecule has 0 spiro atoms. The number of benzene rings is 2. The molecule has 0 unspecified atom stereocenters. The number of methoxy groups -OCH3 is 2. The number of rotatable bonds is 10. The number of carbonyl (C=O) groups is 2. The van der Waals surface area contributed by atoms with E-state index < -0.39 is 6.04 Å². The Morgan fingerprint density at radius 2 is 1.86 bits per heavy atom. The van der Waals surface area contributed by atoms with E-state index in [-0.39, 0.29) is 24.4 Å². The zero-order valence-electron chi connectivity index (χ0n) is 21.8. The first kappa shape index (κ1) is 26.1. The summed E-state index contributed by atoms with van der Waals surface area (Å²) in [6.07, 6.45) is 4.65. The predicted molar refractivity (Wildman–Crippen MR) is 139 cm³/mol. The number of hydrogen-bond acceptors (Lipinski definition) is 7. The van der Waals surface area contributed by atoms with Crippen molar-refractivity contribution >= 4 is 17.5 Å². The van der Waals surface area contributed by atoms with Crippen molar-refractivity contribution in [3.8, 4) is 22.9 Å². The number of hydrogen-bond donors (Lipinski definition) is 1. The molecule has 0 aliphatic heterocycles. The molecule has 10 nitrogen and oxygen atoms in total. The number of aryl methyl sites for hydroxylation is 1. The highest BCUT2D eigenvalue weighted by molar-refractivity contribution is 6.00. The molecule has 1 atom stereocenters. The van der Waals surface area contributed by atoms with Crippen molar-refractivity contribution < 1.29 is 19.1 Å². The molecule has 1 aliphatic carbocycles. The van der Waals surface area contributed by atoms with Gasteiger partial charge in [-0.05, 0) is 67.3 Å². The van der Waals surface area contributed by atoms with Crippen LogP contribution in [0, 0.1) is 6.92 Å². The molecule has 37 heavy (non-hydrogen) atoms. The summed E-state index contributed by atoms with van der Waals surface area (Å²) in [6.45, 7) is 3.71. The Morgan fingerprint density at radius 1 is 1.11 bits per heavy atom. The molecule has 1 fully saturated rings. The van der Waals surface area contributed by atoms with E-state index in [9.17, 15) is 9.59 Å². The molecule has 1 N–H and O–H groups in total. The topological polar surface area (TPSA) is 111 Å². The van der Waals surface area contributed by atoms with Gasteiger partial charge in [0.25, 0.3) is 5.91 Å². The van der Waals surface area contributed by atoms with E-state index >= 15 is 0 Å². The Bertz CT molecular complexity index is 1240. The van der Waals surface area contributed by atoms with Gasteiger partial charge in [0.1, 0.15) is 12.6 Å². The minimum absolute atomic E-state index is 0.137. The molecule has 3 aromatic rings. The molecule has 196 valence electrons. The van der Waals surface area contributed by atoms with Gasteiger partial charge >= 0.3 is 0 Å². The van der Waals surface area contributed by atoms with Crippen molar-refractivity contribution in [2.45, 2.75) is 64.6 Å². The number of amides is 2. The van der Waals surface area contributed by atoms with Gasteiger partial charge in [-0.3, -0.25) is 14.5 Å². The van der Waals surface area contributed by atoms with Crippen LogP contribution in [0.1, 0.15) is 44.6 Å². The van der Waals surface area contributed by atoms with E-state index in [0.29, 0.717) is 35.0 Å². The first-order chi connectivity index (χ1) is 17.9. The maximum absolute atomic E-state index is 13.7. The molecule has 0 bridgehead atoms. The van der Waals surface area contributed by atoms with Gasteiger partial charge in [0.15, 0.2) is 11.5 Å². The smallest absolute Gasteiger partial charge is 0.251 e. The summed E-state index contributed by atoms with van der Waals surface area (Å²) >= 11 is 0. The Hall–Kier alpha value is -3.95. The summed E-state index contributed by atoms with van der Waals surface area (Å²) in [5.41, 5.74) is 2.34. The van der Waals surface area contributed by atoms with Gasteiger partial charge in [-0.2, -0.15) is 4.80 Å². The summed E-state index contributed by atoms with van der Waals surface area (Å²) in [7, 11) is 3.12. The lowest BCUT2D eigenvalue weighted by atomic mass is 10.1. The van der Waals surface area contributed by atoms with Crippen molar-refractivity contribution in [3.05, 3.63) is 48.0 Å². The van der Waals surface area contributed by atoms with E-state index in [4.69, 9.17) is 9.47 Å². The summed E-state index contributed by atoms with van der Waals surface area (Å²) in [4.78, 5) is 29.8. The molecular weight excluding hydrogens is 472 g/mol. The van der Waals surface area contributed by atoms with Crippen LogP contribution in [0.15, 0.2) is 42.5 Å². The van der Waals surface area contributed by atoms with Crippen LogP contribution in [0.3, 0.4) is 0 Å². The molecule has 2 amide bonds. The van der Waals surface area contributed by atoms with Gasteiger partial charge in [0.05, 0.1) is 14.2 Å². The molecular formula is C27H34N6O4. The fraction of sp³-hybridized carbons (Fsp3) is 0.444. The molecule has 2 aromatic carbocycles. The Kier molecular flexibility index (Phi) is 8.37. The van der Waals surface area contributed by atoms with Crippen LogP contribution in [0.25, 0.3) is 11.4 Å². The summed E-state index contributed by atoms with van der Waals surface area (Å²) in [6, 6.07) is 12.4. The largest absolute Gasteiger partial charge is 0.493 e. The van der Waals surface area contributed by atoms with Crippen molar-refractivity contribution in [1.29, 1.82) is 0 Å². The van der Waals surface area contributed by atoms with Crippen molar-refractivity contribution in [2.75, 3.05) is 19.1 Å². The van der Waals surface area contributed by atoms with Gasteiger partial charge < -0.3 is 14.8 Å². The number of nitrogens with one attached hydrogen (secondary N) is 1. The van der Waals surface area contributed by atoms with Crippen LogP contribution < -0.4 is 19.7 Å². The summed E-state index contributed by atoms with van der Waals surface area (Å²) in [5.74, 6) is 1.04. The van der Waals surface area contributed by atoms with E-state index in [1.165, 1.54) is 4.80 Å². The Morgan fingerprint density at radius 3 is 2.54 bits per heavy atom. The number of tetrazole rings is 1. The minimum atomic E-state index is -0.649. The highest BCUT2D eigenvalue weighted by Crippen LogP contribution is 2.31. The van der Waals surface area contributed by atoms with Gasteiger partial charge in [-0.1, -0.05) is 31.9 Å². The van der Waals surface area contributed by atoms with Crippen LogP contribution >= 0.6 is 0 Å². The van der Waals surface area contributed by atoms with E-state index in [1.807, 2.05) is 38.1 Å². The highest BCUT2D eigenvalue weighted by atomic mass is 16.5. The molecule has 1 saturated carbocycles. The zero-order valence-corrected chi connectivity index (χ0v) is 21.8. The molecule has 0 radical (unpaired) electrons. The lowest BCUT2D eigenvalue weighted by Gasteiger charge is -2.31. The van der Waals surface area contributed by atoms with Crippen LogP contribution in [0.2, 0.25) is 0 Å². The maximum atomic E-state index is 13.7. The van der Waals surface area contributed by atoms with Crippen LogP contribution in [0.5, 0.6) is 11.5 Å². The SMILES string of the molecule is CC[C@H](C(=O)NC1CCCC1)N(C(=O)Cn1nnc(-c2ccc(OC)c(OC)c2)n1)c1cccc(C)c1. The molecule has 1 aromatic heterocycles. The average Bonchev–Trinajstić information content (AvgIpc) is 3.59. The lowest BCUT2D eigenvalue weighted by Crippen LogP contribution is -2.52. The van der Waals surface area contributed by atoms with Crippen molar-refractivity contribution in [3.63, 3.8) is 0 Å². The van der Waals surface area contributed by atoms with Gasteiger partial charge in [-0.15, -0.1) is 10.2 Å². The quantitative estimate of drug-likeness (QED) is 0.448. The van der Waals surface area contributed by atoms with Gasteiger partial charge in [-0.25, -0.2) is 0 Å². The normalized spacial score (nSPS) is 14.3. The Balaban J connectivity index is 1.58. The average molecular weight is 507 g/mol. The van der Waals surface area contributed by atoms with E-state index in [2.05, 4.69) is 20.7 Å². The molecule has 4 rings (SSSR count). The highest BCUT2D eigenvalue weighted by Gasteiger charge is 2.32. The van der Waals surface area contributed by atoms with Gasteiger partial charge in [0.2, 0.25) is 11.7 Å². The van der Waals surface area contributed by atoms with Crippen LogP contribution in [-0.4, -0.2) is 58.3 Å². The van der Waals surface area contributed by atoms with Crippen LogP contribution in [-0.2, 0) is 16.1 Å². The number of nitrogens with zero attached hydrogens (tertiary/aromatic N) is 5. The Labute approximate surface area is 216 Å². The zero-order chi connectivity index (χ0) is 26.4. The summed E-state index contributed by atoms with van der Waals surface area (Å²) < 4.78 is 10.6. The second kappa shape index (κ2) is 11.9. The number of aromatic nitrogens is 4. The van der Waals surface area contributed by atoms with Crippen LogP contribution in [0.4, 0.5) is 5.69 Å². The van der Waals surface area contributed by atoms with Crippen molar-refractivity contribution in [2.24, 2.45) is 0 Å². The fourth-order valence-corrected chi connectivity index (χ4v) is 4.73. The second-order valence-electron chi connectivity index (χ2n) is 9.23. The molecule has 1 aliphatic rings. The lowest BCUT2D eigenvalue weighted by molar-refractivity contribution is -0.127. The van der Waals surface area contributed by atoms with Gasteiger partial charge in [0, 0.05) is 17.3 Å². The standard InChI is InChI=1S/C27H34N6O4/c1-5-22(27(35)28-20-10-6-7-11-20)33(21-12-8-9-18(2)15-21)25(34)17-32-30-26(29-31-32)19-13-14-23(36-3)24(16-19)37-4/h8-9,12-16,20,22H,5-7,10-11,17H2,1-4H3,(H,28,35)/t22-/m1/s1. The monoisotopic (exact) mass is 506 g/mol. The first-order valence-corrected chi connectivity index (χ1v) is 12.6. The first-order valence-electron chi connectivity index (χ1n) is 12.6. The summed E-state index contributed by atoms with van der Waals surface area (Å²) in [5, 5.41) is 15.8. The molecule has 1 heterocycles. The minimum Gasteiger partial charge on any atom is -0.493 e. The predicted octanol–water partition coefficient (Wildman–Crippen LogP) is 3.54. The second-order valence-corrected chi connectivity index (χ2v) is 9.23. The van der Waals surface area contributed by atoms with E-state index in [0.717, 1.165) is 31.2 Å². The maximum Gasteiger partial charge on any atom is 0.251 e. The van der Waals surface area contributed by atoms with E-state index in [1.54, 1.807) is 37.3 Å². The third-order valence-corrected chi connectivity index (χ3v) is 6.62.